The molecule has 0 radical (unpaired) electrons. The lowest BCUT2D eigenvalue weighted by molar-refractivity contribution is -0.890. The van der Waals surface area contributed by atoms with Crippen LogP contribution in [0.5, 0.6) is 5.75 Å². The molecule has 0 aliphatic carbocycles. The first-order valence-corrected chi connectivity index (χ1v) is 19.2. The zero-order valence-electron chi connectivity index (χ0n) is 28.1. The average Bonchev–Trinajstić information content (AvgIpc) is 3.00. The molecule has 13 heteroatoms. The van der Waals surface area contributed by atoms with Crippen LogP contribution < -0.4 is 9.30 Å². The minimum Gasteiger partial charge on any atom is -0.465 e. The van der Waals surface area contributed by atoms with Gasteiger partial charge in [-0.1, -0.05) is 24.3 Å². The number of aryl methyl sites for hydroxylation is 3. The molecule has 0 unspecified atom stereocenters. The van der Waals surface area contributed by atoms with E-state index in [0.29, 0.717) is 75.7 Å². The summed E-state index contributed by atoms with van der Waals surface area (Å²) in [4.78, 5) is 26.0. The van der Waals surface area contributed by atoms with E-state index in [0.717, 1.165) is 11.0 Å². The number of hydrogen-bond acceptors (Lipinski definition) is 8. The first-order valence-electron chi connectivity index (χ1n) is 15.7. The minimum atomic E-state index is -4.02. The summed E-state index contributed by atoms with van der Waals surface area (Å²) in [6.45, 7) is 4.99. The summed E-state index contributed by atoms with van der Waals surface area (Å²) in [7, 11) is -2.26. The van der Waals surface area contributed by atoms with Gasteiger partial charge in [-0.15, -0.1) is 0 Å². The Morgan fingerprint density at radius 3 is 1.79 bits per heavy atom. The van der Waals surface area contributed by atoms with Crippen LogP contribution in [0.4, 0.5) is 0 Å². The SMILES string of the molecule is COC(=O)c1cc(C)c(OC(=O)c2c3ccccc3[n+](CCCS(=O)(=O)CCC[N+](C)(C)CCCS(=O)(=O)O)c3ccccc23)c(C)c1. The zero-order valence-corrected chi connectivity index (χ0v) is 29.7. The summed E-state index contributed by atoms with van der Waals surface area (Å²) in [6.07, 6.45) is 1.08. The Kier molecular flexibility index (Phi) is 11.6. The van der Waals surface area contributed by atoms with Crippen LogP contribution in [0.3, 0.4) is 0 Å². The number of esters is 2. The number of rotatable bonds is 15. The molecular formula is C35H44N2O9S2+2. The Labute approximate surface area is 282 Å². The van der Waals surface area contributed by atoms with E-state index in [1.807, 2.05) is 67.2 Å². The Morgan fingerprint density at radius 2 is 1.27 bits per heavy atom. The quantitative estimate of drug-likeness (QED) is 0.0475. The zero-order chi connectivity index (χ0) is 35.3. The molecule has 4 rings (SSSR count). The summed E-state index contributed by atoms with van der Waals surface area (Å²) in [5, 5.41) is 1.33. The van der Waals surface area contributed by atoms with Crippen molar-refractivity contribution in [3.8, 4) is 5.75 Å². The second-order valence-corrected chi connectivity index (χ2v) is 16.6. The molecule has 0 aliphatic heterocycles. The highest BCUT2D eigenvalue weighted by Gasteiger charge is 2.27. The summed E-state index contributed by atoms with van der Waals surface area (Å²) >= 11 is 0. The molecule has 48 heavy (non-hydrogen) atoms. The number of pyridine rings is 1. The van der Waals surface area contributed by atoms with E-state index < -0.39 is 31.9 Å². The molecule has 0 bridgehead atoms. The number of para-hydroxylation sites is 2. The highest BCUT2D eigenvalue weighted by molar-refractivity contribution is 7.91. The maximum Gasteiger partial charge on any atom is 0.345 e. The number of sulfone groups is 1. The third-order valence-electron chi connectivity index (χ3n) is 8.43. The molecular weight excluding hydrogens is 657 g/mol. The number of aromatic nitrogens is 1. The van der Waals surface area contributed by atoms with Gasteiger partial charge < -0.3 is 14.0 Å². The first kappa shape index (κ1) is 36.9. The molecule has 0 saturated carbocycles. The van der Waals surface area contributed by atoms with Gasteiger partial charge in [0.15, 0.2) is 16.4 Å². The van der Waals surface area contributed by atoms with E-state index in [1.165, 1.54) is 7.11 Å². The lowest BCUT2D eigenvalue weighted by atomic mass is 10.0. The van der Waals surface area contributed by atoms with Gasteiger partial charge in [-0.2, -0.15) is 13.0 Å². The van der Waals surface area contributed by atoms with Crippen molar-refractivity contribution in [3.63, 3.8) is 0 Å². The number of hydrogen-bond donors (Lipinski definition) is 1. The van der Waals surface area contributed by atoms with E-state index in [2.05, 4.69) is 0 Å². The summed E-state index contributed by atoms with van der Waals surface area (Å²) in [5.41, 5.74) is 3.51. The molecule has 258 valence electrons. The maximum absolute atomic E-state index is 13.9. The Bertz CT molecular complexity index is 1980. The molecule has 0 aliphatic rings. The van der Waals surface area contributed by atoms with Crippen molar-refractivity contribution in [1.29, 1.82) is 0 Å². The lowest BCUT2D eigenvalue weighted by Crippen LogP contribution is -2.42. The predicted molar refractivity (Wildman–Crippen MR) is 185 cm³/mol. The number of fused-ring (bicyclic) bond motifs is 2. The second kappa shape index (κ2) is 15.1. The van der Waals surface area contributed by atoms with E-state index in [1.54, 1.807) is 26.0 Å². The lowest BCUT2D eigenvalue weighted by Gasteiger charge is -2.29. The molecule has 0 atom stereocenters. The van der Waals surface area contributed by atoms with Crippen LogP contribution in [-0.2, 0) is 31.2 Å². The van der Waals surface area contributed by atoms with E-state index in [-0.39, 0.29) is 23.7 Å². The van der Waals surface area contributed by atoms with Crippen molar-refractivity contribution >= 4 is 53.7 Å². The Balaban J connectivity index is 1.53. The fraction of sp³-hybridized carbons (Fsp3) is 0.400. The van der Waals surface area contributed by atoms with Crippen molar-refractivity contribution in [2.75, 3.05) is 51.6 Å². The number of carbonyl (C=O) groups is 2. The van der Waals surface area contributed by atoms with Crippen LogP contribution in [0, 0.1) is 13.8 Å². The fourth-order valence-corrected chi connectivity index (χ4v) is 7.95. The van der Waals surface area contributed by atoms with Gasteiger partial charge in [-0.05, 0) is 49.2 Å². The van der Waals surface area contributed by atoms with E-state index in [4.69, 9.17) is 14.0 Å². The molecule has 0 fully saturated rings. The van der Waals surface area contributed by atoms with Gasteiger partial charge >= 0.3 is 11.9 Å². The number of ether oxygens (including phenoxy) is 2. The van der Waals surface area contributed by atoms with Crippen LogP contribution in [0.2, 0.25) is 0 Å². The second-order valence-electron chi connectivity index (χ2n) is 12.8. The number of benzene rings is 3. The first-order chi connectivity index (χ1) is 22.5. The molecule has 1 N–H and O–H groups in total. The number of nitrogens with zero attached hydrogens (tertiary/aromatic N) is 2. The van der Waals surface area contributed by atoms with E-state index >= 15 is 0 Å². The standard InChI is InChI=1S/C35H43N2O9S2/c1-25-23-27(34(38)45-5)24-26(2)33(25)46-35(39)32-28-13-6-8-15-30(28)36(31-16-9-7-14-29(31)32)17-10-20-47(40,41)21-11-18-37(3,4)19-12-22-48(42,43)44/h6-9,13-16,23-24H,10-12,17-22H2,1-5H3/q+1/p+1. The highest BCUT2D eigenvalue weighted by Crippen LogP contribution is 2.30. The molecule has 1 aromatic heterocycles. The van der Waals surface area contributed by atoms with Crippen molar-refractivity contribution in [2.45, 2.75) is 39.7 Å². The summed E-state index contributed by atoms with van der Waals surface area (Å²) in [6, 6.07) is 18.2. The number of quaternary nitrogens is 1. The van der Waals surface area contributed by atoms with Gasteiger partial charge in [-0.25, -0.2) is 18.0 Å². The summed E-state index contributed by atoms with van der Waals surface area (Å²) < 4.78 is 70.3. The topological polar surface area (TPSA) is 145 Å². The van der Waals surface area contributed by atoms with Crippen LogP contribution in [0.15, 0.2) is 60.7 Å². The largest absolute Gasteiger partial charge is 0.465 e. The van der Waals surface area contributed by atoms with Crippen LogP contribution in [0.25, 0.3) is 21.8 Å². The van der Waals surface area contributed by atoms with Crippen LogP contribution in [0.1, 0.15) is 51.1 Å². The third-order valence-corrected chi connectivity index (χ3v) is 11.1. The molecule has 11 nitrogen and oxygen atoms in total. The Morgan fingerprint density at radius 1 is 0.771 bits per heavy atom. The van der Waals surface area contributed by atoms with Crippen LogP contribution >= 0.6 is 0 Å². The van der Waals surface area contributed by atoms with Crippen molar-refractivity contribution in [3.05, 3.63) is 82.9 Å². The molecule has 0 saturated heterocycles. The summed E-state index contributed by atoms with van der Waals surface area (Å²) in [5.74, 6) is -0.976. The van der Waals surface area contributed by atoms with Gasteiger partial charge in [0.05, 0.1) is 73.5 Å². The van der Waals surface area contributed by atoms with Crippen LogP contribution in [-0.4, -0.2) is 89.4 Å². The number of methoxy groups -OCH3 is 1. The van der Waals surface area contributed by atoms with Gasteiger partial charge in [0.25, 0.3) is 10.1 Å². The van der Waals surface area contributed by atoms with Gasteiger partial charge in [0, 0.05) is 31.4 Å². The van der Waals surface area contributed by atoms with Gasteiger partial charge in [-0.3, -0.25) is 4.55 Å². The molecule has 3 aromatic carbocycles. The monoisotopic (exact) mass is 700 g/mol. The minimum absolute atomic E-state index is 0.0112. The van der Waals surface area contributed by atoms with Crippen molar-refractivity contribution < 1.29 is 49.5 Å². The molecule has 0 spiro atoms. The van der Waals surface area contributed by atoms with Crippen molar-refractivity contribution in [1.82, 2.24) is 0 Å². The Hall–Kier alpha value is -3.91. The van der Waals surface area contributed by atoms with Gasteiger partial charge in [0.2, 0.25) is 11.0 Å². The molecule has 1 heterocycles. The maximum atomic E-state index is 13.9. The normalized spacial score (nSPS) is 12.4. The van der Waals surface area contributed by atoms with E-state index in [9.17, 15) is 26.4 Å². The fourth-order valence-electron chi connectivity index (χ4n) is 6.11. The molecule has 4 aromatic rings. The number of carbonyl (C=O) groups excluding carboxylic acids is 2. The molecule has 0 amide bonds. The highest BCUT2D eigenvalue weighted by atomic mass is 32.2. The smallest absolute Gasteiger partial charge is 0.345 e. The predicted octanol–water partition coefficient (Wildman–Crippen LogP) is 4.45. The van der Waals surface area contributed by atoms with Crippen molar-refractivity contribution in [2.24, 2.45) is 0 Å². The third kappa shape index (κ3) is 9.37. The average molecular weight is 701 g/mol. The van der Waals surface area contributed by atoms with Gasteiger partial charge in [0.1, 0.15) is 5.75 Å².